The Hall–Kier alpha value is -2.40. The molecule has 0 saturated carbocycles. The summed E-state index contributed by atoms with van der Waals surface area (Å²) in [6.45, 7) is 10.6. The van der Waals surface area contributed by atoms with E-state index in [1.54, 1.807) is 5.57 Å². The molecule has 160 valence electrons. The molecule has 0 unspecified atom stereocenters. The molecule has 0 N–H and O–H groups in total. The van der Waals surface area contributed by atoms with Crippen molar-refractivity contribution in [3.63, 3.8) is 0 Å². The van der Waals surface area contributed by atoms with E-state index in [-0.39, 0.29) is 5.56 Å². The fraction of sp³-hybridized carbons (Fsp3) is 0.520. The molecule has 1 aliphatic carbocycles. The first-order valence-electron chi connectivity index (χ1n) is 11.3. The highest BCUT2D eigenvalue weighted by Gasteiger charge is 2.28. The molecule has 5 nitrogen and oxygen atoms in total. The van der Waals surface area contributed by atoms with Gasteiger partial charge in [0.15, 0.2) is 0 Å². The first-order chi connectivity index (χ1) is 14.5. The minimum Gasteiger partial charge on any atom is -0.298 e. The van der Waals surface area contributed by atoms with Gasteiger partial charge in [0.05, 0.1) is 13.3 Å². The Morgan fingerprint density at radius 1 is 1.10 bits per heavy atom. The number of anilines is 2. The molecular weight excluding hydrogens is 372 g/mol. The number of aromatic nitrogens is 2. The molecule has 0 radical (unpaired) electrons. The van der Waals surface area contributed by atoms with Gasteiger partial charge < -0.3 is 0 Å². The van der Waals surface area contributed by atoms with E-state index in [1.807, 2.05) is 18.4 Å². The molecule has 5 heteroatoms. The summed E-state index contributed by atoms with van der Waals surface area (Å²) < 4.78 is 1.88. The summed E-state index contributed by atoms with van der Waals surface area (Å²) in [5.74, 6) is 0.775. The SMILES string of the molecule is CCc1c(C)nc2n(c1=O)CN(CCC1=CCCCC1)CN2c1cccc(C)c1C. The van der Waals surface area contributed by atoms with Crippen LogP contribution in [0.5, 0.6) is 0 Å². The molecule has 0 amide bonds. The van der Waals surface area contributed by atoms with Crippen LogP contribution in [-0.4, -0.2) is 27.7 Å². The summed E-state index contributed by atoms with van der Waals surface area (Å²) >= 11 is 0. The van der Waals surface area contributed by atoms with Gasteiger partial charge in [-0.2, -0.15) is 0 Å². The van der Waals surface area contributed by atoms with Crippen LogP contribution in [0.1, 0.15) is 61.4 Å². The van der Waals surface area contributed by atoms with Gasteiger partial charge in [0.2, 0.25) is 5.95 Å². The maximum absolute atomic E-state index is 13.3. The lowest BCUT2D eigenvalue weighted by Crippen LogP contribution is -2.48. The number of benzene rings is 1. The molecule has 30 heavy (non-hydrogen) atoms. The Morgan fingerprint density at radius 3 is 2.67 bits per heavy atom. The second-order valence-corrected chi connectivity index (χ2v) is 8.74. The zero-order chi connectivity index (χ0) is 21.3. The van der Waals surface area contributed by atoms with Gasteiger partial charge in [0.1, 0.15) is 0 Å². The van der Waals surface area contributed by atoms with Crippen molar-refractivity contribution in [1.29, 1.82) is 0 Å². The van der Waals surface area contributed by atoms with Gasteiger partial charge in [0, 0.05) is 23.5 Å². The third-order valence-corrected chi connectivity index (χ3v) is 6.73. The van der Waals surface area contributed by atoms with Crippen LogP contribution in [0.2, 0.25) is 0 Å². The summed E-state index contributed by atoms with van der Waals surface area (Å²) in [7, 11) is 0. The lowest BCUT2D eigenvalue weighted by molar-refractivity contribution is 0.199. The maximum Gasteiger partial charge on any atom is 0.259 e. The number of hydrogen-bond donors (Lipinski definition) is 0. The van der Waals surface area contributed by atoms with Gasteiger partial charge in [-0.1, -0.05) is 30.7 Å². The van der Waals surface area contributed by atoms with E-state index in [0.29, 0.717) is 13.1 Å². The Morgan fingerprint density at radius 2 is 1.93 bits per heavy atom. The Bertz CT molecular complexity index is 1020. The van der Waals surface area contributed by atoms with Gasteiger partial charge in [-0.05, 0) is 76.5 Å². The van der Waals surface area contributed by atoms with Crippen LogP contribution in [0.4, 0.5) is 11.6 Å². The average Bonchev–Trinajstić information content (AvgIpc) is 2.75. The van der Waals surface area contributed by atoms with E-state index in [0.717, 1.165) is 42.5 Å². The minimum atomic E-state index is 0.108. The predicted molar refractivity (Wildman–Crippen MR) is 123 cm³/mol. The predicted octanol–water partition coefficient (Wildman–Crippen LogP) is 4.99. The number of allylic oxidation sites excluding steroid dienone is 1. The Labute approximate surface area is 180 Å². The second-order valence-electron chi connectivity index (χ2n) is 8.74. The van der Waals surface area contributed by atoms with E-state index in [4.69, 9.17) is 4.98 Å². The van der Waals surface area contributed by atoms with Gasteiger partial charge in [-0.3, -0.25) is 19.2 Å². The standard InChI is InChI=1S/C25H34N4O/c1-5-22-20(4)26-25-28(23-13-9-10-18(2)19(23)3)16-27(17-29(25)24(22)30)15-14-21-11-7-6-8-12-21/h9-11,13H,5-8,12,14-17H2,1-4H3. The maximum atomic E-state index is 13.3. The topological polar surface area (TPSA) is 41.4 Å². The van der Waals surface area contributed by atoms with Crippen LogP contribution in [0.15, 0.2) is 34.6 Å². The number of fused-ring (bicyclic) bond motifs is 1. The van der Waals surface area contributed by atoms with Gasteiger partial charge >= 0.3 is 0 Å². The van der Waals surface area contributed by atoms with E-state index in [1.165, 1.54) is 36.8 Å². The summed E-state index contributed by atoms with van der Waals surface area (Å²) in [6.07, 6.45) is 9.31. The molecule has 0 bridgehead atoms. The van der Waals surface area contributed by atoms with Crippen LogP contribution in [-0.2, 0) is 13.1 Å². The van der Waals surface area contributed by atoms with E-state index < -0.39 is 0 Å². The van der Waals surface area contributed by atoms with Gasteiger partial charge in [-0.15, -0.1) is 0 Å². The molecule has 1 aromatic heterocycles. The van der Waals surface area contributed by atoms with Crippen LogP contribution >= 0.6 is 0 Å². The molecule has 0 spiro atoms. The quantitative estimate of drug-likeness (QED) is 0.656. The highest BCUT2D eigenvalue weighted by atomic mass is 16.1. The number of rotatable bonds is 5. The van der Waals surface area contributed by atoms with Crippen molar-refractivity contribution < 1.29 is 0 Å². The van der Waals surface area contributed by atoms with Crippen LogP contribution in [0.3, 0.4) is 0 Å². The van der Waals surface area contributed by atoms with Crippen molar-refractivity contribution in [3.05, 3.63) is 62.6 Å². The van der Waals surface area contributed by atoms with E-state index in [9.17, 15) is 4.79 Å². The van der Waals surface area contributed by atoms with Crippen LogP contribution in [0, 0.1) is 20.8 Å². The number of hydrogen-bond acceptors (Lipinski definition) is 4. The molecule has 2 heterocycles. The molecule has 1 aromatic carbocycles. The third-order valence-electron chi connectivity index (χ3n) is 6.73. The average molecular weight is 407 g/mol. The highest BCUT2D eigenvalue weighted by molar-refractivity contribution is 5.64. The molecule has 1 aliphatic heterocycles. The summed E-state index contributed by atoms with van der Waals surface area (Å²) in [4.78, 5) is 22.8. The fourth-order valence-corrected chi connectivity index (χ4v) is 4.72. The largest absolute Gasteiger partial charge is 0.298 e. The first kappa shape index (κ1) is 20.9. The summed E-state index contributed by atoms with van der Waals surface area (Å²) in [5, 5.41) is 0. The Kier molecular flexibility index (Phi) is 6.09. The van der Waals surface area contributed by atoms with E-state index in [2.05, 4.69) is 47.9 Å². The lowest BCUT2D eigenvalue weighted by Gasteiger charge is -2.39. The molecule has 0 fully saturated rings. The van der Waals surface area contributed by atoms with Crippen LogP contribution in [0.25, 0.3) is 0 Å². The summed E-state index contributed by atoms with van der Waals surface area (Å²) in [5.41, 5.74) is 7.01. The first-order valence-corrected chi connectivity index (χ1v) is 11.3. The van der Waals surface area contributed by atoms with Crippen molar-refractivity contribution in [2.24, 2.45) is 0 Å². The minimum absolute atomic E-state index is 0.108. The molecule has 0 saturated heterocycles. The van der Waals surface area contributed by atoms with E-state index >= 15 is 0 Å². The number of nitrogens with zero attached hydrogens (tertiary/aromatic N) is 4. The monoisotopic (exact) mass is 406 g/mol. The van der Waals surface area contributed by atoms with Gasteiger partial charge in [-0.25, -0.2) is 4.98 Å². The van der Waals surface area contributed by atoms with Crippen LogP contribution < -0.4 is 10.5 Å². The molecule has 4 rings (SSSR count). The lowest BCUT2D eigenvalue weighted by atomic mass is 9.97. The smallest absolute Gasteiger partial charge is 0.259 e. The zero-order valence-electron chi connectivity index (χ0n) is 18.9. The molecule has 0 atom stereocenters. The summed E-state index contributed by atoms with van der Waals surface area (Å²) in [6, 6.07) is 6.39. The Balaban J connectivity index is 1.72. The zero-order valence-corrected chi connectivity index (χ0v) is 18.9. The fourth-order valence-electron chi connectivity index (χ4n) is 4.72. The highest BCUT2D eigenvalue weighted by Crippen LogP contribution is 2.32. The normalized spacial score (nSPS) is 17.1. The molecule has 2 aromatic rings. The van der Waals surface area contributed by atoms with Gasteiger partial charge in [0.25, 0.3) is 5.56 Å². The van der Waals surface area contributed by atoms with Crippen molar-refractivity contribution in [3.8, 4) is 0 Å². The molecule has 2 aliphatic rings. The molecular formula is C25H34N4O. The van der Waals surface area contributed by atoms with Crippen molar-refractivity contribution in [2.45, 2.75) is 72.9 Å². The second kappa shape index (κ2) is 8.76. The van der Waals surface area contributed by atoms with Crippen molar-refractivity contribution >= 4 is 11.6 Å². The third kappa shape index (κ3) is 3.95. The van der Waals surface area contributed by atoms with Crippen molar-refractivity contribution in [2.75, 3.05) is 18.1 Å². The number of aryl methyl sites for hydroxylation is 2. The van der Waals surface area contributed by atoms with Crippen molar-refractivity contribution in [1.82, 2.24) is 14.5 Å².